The van der Waals surface area contributed by atoms with Crippen LogP contribution >= 0.6 is 0 Å². The molecule has 0 fully saturated rings. The molecule has 0 bridgehead atoms. The van der Waals surface area contributed by atoms with E-state index in [4.69, 9.17) is 14.6 Å². The summed E-state index contributed by atoms with van der Waals surface area (Å²) in [6.45, 7) is 0.954. The van der Waals surface area contributed by atoms with Gasteiger partial charge in [-0.05, 0) is 12.1 Å². The van der Waals surface area contributed by atoms with Gasteiger partial charge in [0.2, 0.25) is 0 Å². The second-order valence-electron chi connectivity index (χ2n) is 4.66. The number of carboxylic acid groups (broad SMARTS) is 1. The van der Waals surface area contributed by atoms with Crippen molar-refractivity contribution in [3.8, 4) is 11.5 Å². The minimum atomic E-state index is -1.03. The van der Waals surface area contributed by atoms with Gasteiger partial charge in [-0.2, -0.15) is 0 Å². The van der Waals surface area contributed by atoms with E-state index in [2.05, 4.69) is 0 Å². The molecule has 1 aromatic heterocycles. The Morgan fingerprint density at radius 1 is 1.25 bits per heavy atom. The zero-order chi connectivity index (χ0) is 14.3. The van der Waals surface area contributed by atoms with E-state index in [0.717, 1.165) is 5.39 Å². The fraction of sp³-hybridized carbons (Fsp3) is 0.286. The number of aliphatic carboxylic acids is 1. The highest BCUT2D eigenvalue weighted by Crippen LogP contribution is 2.34. The molecule has 2 heterocycles. The van der Waals surface area contributed by atoms with Crippen molar-refractivity contribution < 1.29 is 19.4 Å². The monoisotopic (exact) mass is 275 g/mol. The van der Waals surface area contributed by atoms with Crippen LogP contribution < -0.4 is 15.0 Å². The predicted molar refractivity (Wildman–Crippen MR) is 71.5 cm³/mol. The first-order valence-corrected chi connectivity index (χ1v) is 6.20. The van der Waals surface area contributed by atoms with Crippen molar-refractivity contribution >= 4 is 16.9 Å². The molecule has 1 aliphatic heterocycles. The number of pyridine rings is 1. The third kappa shape index (κ3) is 1.99. The molecular weight excluding hydrogens is 262 g/mol. The SMILES string of the molecule is Cn1c(=O)c(CC(=O)O)cc2cc3c(cc21)OCCO3. The summed E-state index contributed by atoms with van der Waals surface area (Å²) in [5.74, 6) is 0.187. The number of rotatable bonds is 2. The summed E-state index contributed by atoms with van der Waals surface area (Å²) in [4.78, 5) is 22.9. The fourth-order valence-electron chi connectivity index (χ4n) is 2.36. The maximum atomic E-state index is 12.1. The van der Waals surface area contributed by atoms with Crippen LogP contribution in [0.1, 0.15) is 5.56 Å². The molecule has 20 heavy (non-hydrogen) atoms. The number of ether oxygens (including phenoxy) is 2. The van der Waals surface area contributed by atoms with Gasteiger partial charge in [0, 0.05) is 24.1 Å². The van der Waals surface area contributed by atoms with Gasteiger partial charge in [-0.3, -0.25) is 9.59 Å². The number of hydrogen-bond acceptors (Lipinski definition) is 4. The Hall–Kier alpha value is -2.50. The number of carbonyl (C=O) groups is 1. The topological polar surface area (TPSA) is 77.8 Å². The Bertz CT molecular complexity index is 762. The van der Waals surface area contributed by atoms with Crippen LogP contribution in [0, 0.1) is 0 Å². The molecule has 0 amide bonds. The molecule has 0 saturated heterocycles. The third-order valence-electron chi connectivity index (χ3n) is 3.30. The van der Waals surface area contributed by atoms with Gasteiger partial charge in [0.25, 0.3) is 5.56 Å². The first-order chi connectivity index (χ1) is 9.56. The average molecular weight is 275 g/mol. The Morgan fingerprint density at radius 3 is 2.55 bits per heavy atom. The lowest BCUT2D eigenvalue weighted by molar-refractivity contribution is -0.136. The largest absolute Gasteiger partial charge is 0.486 e. The van der Waals surface area contributed by atoms with Crippen molar-refractivity contribution in [2.75, 3.05) is 13.2 Å². The second kappa shape index (κ2) is 4.56. The Morgan fingerprint density at radius 2 is 1.90 bits per heavy atom. The van der Waals surface area contributed by atoms with E-state index in [9.17, 15) is 9.59 Å². The van der Waals surface area contributed by atoms with E-state index in [1.807, 2.05) is 0 Å². The molecule has 0 unspecified atom stereocenters. The maximum absolute atomic E-state index is 12.1. The highest BCUT2D eigenvalue weighted by atomic mass is 16.6. The summed E-state index contributed by atoms with van der Waals surface area (Å²) in [5, 5.41) is 9.61. The Balaban J connectivity index is 2.25. The fourth-order valence-corrected chi connectivity index (χ4v) is 2.36. The molecule has 6 heteroatoms. The summed E-state index contributed by atoms with van der Waals surface area (Å²) in [7, 11) is 1.62. The molecule has 0 spiro atoms. The molecule has 0 radical (unpaired) electrons. The van der Waals surface area contributed by atoms with Crippen LogP contribution in [0.15, 0.2) is 23.0 Å². The van der Waals surface area contributed by atoms with Gasteiger partial charge in [-0.1, -0.05) is 0 Å². The molecule has 1 aliphatic rings. The van der Waals surface area contributed by atoms with Crippen LogP contribution in [0.5, 0.6) is 11.5 Å². The number of aryl methyl sites for hydroxylation is 1. The quantitative estimate of drug-likeness (QED) is 0.882. The van der Waals surface area contributed by atoms with Gasteiger partial charge in [0.1, 0.15) is 13.2 Å². The number of hydrogen-bond donors (Lipinski definition) is 1. The molecule has 2 aromatic rings. The molecule has 0 atom stereocenters. The van der Waals surface area contributed by atoms with Crippen LogP contribution in [0.2, 0.25) is 0 Å². The molecule has 6 nitrogen and oxygen atoms in total. The van der Waals surface area contributed by atoms with Crippen LogP contribution in [0.3, 0.4) is 0 Å². The summed E-state index contributed by atoms with van der Waals surface area (Å²) in [6, 6.07) is 5.12. The average Bonchev–Trinajstić information content (AvgIpc) is 2.42. The highest BCUT2D eigenvalue weighted by molar-refractivity contribution is 5.84. The standard InChI is InChI=1S/C14H13NO5/c1-15-10-7-12-11(19-2-3-20-12)5-8(10)4-9(14(15)18)6-13(16)17/h4-5,7H,2-3,6H2,1H3,(H,16,17). The summed E-state index contributed by atoms with van der Waals surface area (Å²) in [5.41, 5.74) is 0.633. The molecule has 0 aliphatic carbocycles. The third-order valence-corrected chi connectivity index (χ3v) is 3.30. The van der Waals surface area contributed by atoms with E-state index in [0.29, 0.717) is 30.2 Å². The predicted octanol–water partition coefficient (Wildman–Crippen LogP) is 0.937. The lowest BCUT2D eigenvalue weighted by Gasteiger charge is -2.19. The number of benzene rings is 1. The van der Waals surface area contributed by atoms with E-state index < -0.39 is 5.97 Å². The van der Waals surface area contributed by atoms with Crippen molar-refractivity contribution in [2.45, 2.75) is 6.42 Å². The van der Waals surface area contributed by atoms with Crippen molar-refractivity contribution in [2.24, 2.45) is 7.05 Å². The zero-order valence-corrected chi connectivity index (χ0v) is 10.9. The molecule has 1 aromatic carbocycles. The minimum absolute atomic E-state index is 0.254. The first kappa shape index (κ1) is 12.5. The molecular formula is C14H13NO5. The molecule has 0 saturated carbocycles. The number of carboxylic acids is 1. The van der Waals surface area contributed by atoms with Gasteiger partial charge in [-0.15, -0.1) is 0 Å². The Kier molecular flexibility index (Phi) is 2.85. The van der Waals surface area contributed by atoms with Crippen LogP contribution in [0.25, 0.3) is 10.9 Å². The molecule has 1 N–H and O–H groups in total. The van der Waals surface area contributed by atoms with Crippen LogP contribution in [0.4, 0.5) is 0 Å². The summed E-state index contributed by atoms with van der Waals surface area (Å²) in [6.07, 6.45) is -0.295. The van der Waals surface area contributed by atoms with Gasteiger partial charge >= 0.3 is 5.97 Å². The van der Waals surface area contributed by atoms with Crippen molar-refractivity contribution in [3.05, 3.63) is 34.1 Å². The first-order valence-electron chi connectivity index (χ1n) is 6.20. The van der Waals surface area contributed by atoms with Crippen LogP contribution in [-0.4, -0.2) is 28.9 Å². The zero-order valence-electron chi connectivity index (χ0n) is 10.9. The van der Waals surface area contributed by atoms with Gasteiger partial charge in [-0.25, -0.2) is 0 Å². The van der Waals surface area contributed by atoms with E-state index >= 15 is 0 Å². The van der Waals surface area contributed by atoms with Gasteiger partial charge < -0.3 is 19.1 Å². The lowest BCUT2D eigenvalue weighted by atomic mass is 10.1. The van der Waals surface area contributed by atoms with E-state index in [1.54, 1.807) is 25.2 Å². The molecule has 104 valence electrons. The van der Waals surface area contributed by atoms with Gasteiger partial charge in [0.05, 0.1) is 11.9 Å². The van der Waals surface area contributed by atoms with E-state index in [1.165, 1.54) is 4.57 Å². The molecule has 3 rings (SSSR count). The van der Waals surface area contributed by atoms with Gasteiger partial charge in [0.15, 0.2) is 11.5 Å². The van der Waals surface area contributed by atoms with Crippen molar-refractivity contribution in [1.82, 2.24) is 4.57 Å². The summed E-state index contributed by atoms with van der Waals surface area (Å²) < 4.78 is 12.4. The number of nitrogens with zero attached hydrogens (tertiary/aromatic N) is 1. The normalized spacial score (nSPS) is 13.4. The lowest BCUT2D eigenvalue weighted by Crippen LogP contribution is -2.23. The van der Waals surface area contributed by atoms with Crippen molar-refractivity contribution in [1.29, 1.82) is 0 Å². The smallest absolute Gasteiger partial charge is 0.308 e. The number of fused-ring (bicyclic) bond motifs is 2. The summed E-state index contributed by atoms with van der Waals surface area (Å²) >= 11 is 0. The van der Waals surface area contributed by atoms with Crippen molar-refractivity contribution in [3.63, 3.8) is 0 Å². The van der Waals surface area contributed by atoms with E-state index in [-0.39, 0.29) is 17.5 Å². The minimum Gasteiger partial charge on any atom is -0.486 e. The maximum Gasteiger partial charge on any atom is 0.308 e. The number of aromatic nitrogens is 1. The highest BCUT2D eigenvalue weighted by Gasteiger charge is 2.16. The Labute approximate surface area is 114 Å². The van der Waals surface area contributed by atoms with Crippen LogP contribution in [-0.2, 0) is 18.3 Å². The second-order valence-corrected chi connectivity index (χ2v) is 4.66.